The number of hydrogen-bond acceptors (Lipinski definition) is 4. The average Bonchev–Trinajstić information content (AvgIpc) is 2.92. The number of benzene rings is 1. The number of nitrogens with zero attached hydrogens (tertiary/aromatic N) is 3. The molecule has 0 radical (unpaired) electrons. The van der Waals surface area contributed by atoms with Gasteiger partial charge in [0.05, 0.1) is 11.3 Å². The normalized spacial score (nSPS) is 12.7. The first-order valence-electron chi connectivity index (χ1n) is 7.18. The Balaban J connectivity index is 2.39. The Labute approximate surface area is 156 Å². The van der Waals surface area contributed by atoms with Crippen LogP contribution in [0, 0.1) is 0 Å². The van der Waals surface area contributed by atoms with Crippen molar-refractivity contribution in [3.63, 3.8) is 0 Å². The number of halogens is 5. The van der Waals surface area contributed by atoms with E-state index in [4.69, 9.17) is 23.2 Å². The Morgan fingerprint density at radius 2 is 1.73 bits per heavy atom. The Hall–Kier alpha value is -1.84. The van der Waals surface area contributed by atoms with E-state index in [1.165, 1.54) is 25.1 Å². The van der Waals surface area contributed by atoms with E-state index in [0.29, 0.717) is 6.20 Å². The SMILES string of the molecule is CCS(=O)(=O)n1c(-c2cc(Cl)cc(Cl)c2)nc2cc(C(F)(F)F)cnc21. The topological polar surface area (TPSA) is 64.8 Å². The molecule has 0 aliphatic heterocycles. The summed E-state index contributed by atoms with van der Waals surface area (Å²) in [6.45, 7) is 1.40. The second-order valence-corrected chi connectivity index (χ2v) is 8.30. The molecule has 26 heavy (non-hydrogen) atoms. The maximum absolute atomic E-state index is 12.9. The highest BCUT2D eigenvalue weighted by Gasteiger charge is 2.33. The molecule has 138 valence electrons. The Morgan fingerprint density at radius 3 is 2.27 bits per heavy atom. The first-order chi connectivity index (χ1) is 12.0. The summed E-state index contributed by atoms with van der Waals surface area (Å²) in [6.07, 6.45) is -4.06. The summed E-state index contributed by atoms with van der Waals surface area (Å²) in [4.78, 5) is 7.75. The van der Waals surface area contributed by atoms with Crippen LogP contribution in [0.4, 0.5) is 13.2 Å². The molecule has 0 fully saturated rings. The summed E-state index contributed by atoms with van der Waals surface area (Å²) in [5.74, 6) is -0.416. The van der Waals surface area contributed by atoms with Gasteiger partial charge in [-0.3, -0.25) is 0 Å². The average molecular weight is 424 g/mol. The minimum atomic E-state index is -4.63. The van der Waals surface area contributed by atoms with Crippen LogP contribution in [0.5, 0.6) is 0 Å². The van der Waals surface area contributed by atoms with Crippen LogP contribution in [-0.2, 0) is 16.2 Å². The first-order valence-corrected chi connectivity index (χ1v) is 9.55. The van der Waals surface area contributed by atoms with Gasteiger partial charge in [-0.2, -0.15) is 13.2 Å². The number of rotatable bonds is 3. The summed E-state index contributed by atoms with van der Waals surface area (Å²) >= 11 is 11.9. The molecule has 0 aliphatic carbocycles. The van der Waals surface area contributed by atoms with Crippen molar-refractivity contribution >= 4 is 44.4 Å². The van der Waals surface area contributed by atoms with E-state index in [1.807, 2.05) is 0 Å². The Morgan fingerprint density at radius 1 is 1.12 bits per heavy atom. The van der Waals surface area contributed by atoms with Crippen molar-refractivity contribution in [2.45, 2.75) is 13.1 Å². The van der Waals surface area contributed by atoms with Crippen LogP contribution in [0.25, 0.3) is 22.6 Å². The van der Waals surface area contributed by atoms with Crippen LogP contribution in [0.2, 0.25) is 10.0 Å². The molecule has 0 amide bonds. The number of imidazole rings is 1. The van der Waals surface area contributed by atoms with Crippen LogP contribution in [0.3, 0.4) is 0 Å². The number of pyridine rings is 1. The monoisotopic (exact) mass is 423 g/mol. The standard InChI is InChI=1S/C15H10Cl2F3N3O2S/c1-2-26(24,25)23-13(8-3-10(16)6-11(17)4-8)22-12-5-9(15(18,19)20)7-21-14(12)23/h3-7H,2H2,1H3. The van der Waals surface area contributed by atoms with E-state index in [9.17, 15) is 21.6 Å². The lowest BCUT2D eigenvalue weighted by Gasteiger charge is -2.09. The summed E-state index contributed by atoms with van der Waals surface area (Å²) in [5.41, 5.74) is -1.20. The lowest BCUT2D eigenvalue weighted by molar-refractivity contribution is -0.137. The fourth-order valence-electron chi connectivity index (χ4n) is 2.36. The van der Waals surface area contributed by atoms with Gasteiger partial charge in [-0.15, -0.1) is 0 Å². The Bertz CT molecular complexity index is 1090. The third-order valence-corrected chi connectivity index (χ3v) is 5.62. The molecule has 0 atom stereocenters. The number of hydrogen-bond donors (Lipinski definition) is 0. The maximum Gasteiger partial charge on any atom is 0.417 e. The van der Waals surface area contributed by atoms with Gasteiger partial charge in [0, 0.05) is 21.8 Å². The third-order valence-electron chi connectivity index (χ3n) is 3.55. The highest BCUT2D eigenvalue weighted by molar-refractivity contribution is 7.90. The lowest BCUT2D eigenvalue weighted by atomic mass is 10.2. The zero-order valence-corrected chi connectivity index (χ0v) is 15.4. The molecule has 0 N–H and O–H groups in total. The molecular formula is C15H10Cl2F3N3O2S. The molecule has 0 spiro atoms. The van der Waals surface area contributed by atoms with Crippen molar-refractivity contribution in [2.24, 2.45) is 0 Å². The molecule has 11 heteroatoms. The molecule has 2 aromatic heterocycles. The van der Waals surface area contributed by atoms with Crippen molar-refractivity contribution in [1.82, 2.24) is 13.9 Å². The minimum absolute atomic E-state index is 0.113. The van der Waals surface area contributed by atoms with Gasteiger partial charge in [0.25, 0.3) is 0 Å². The zero-order valence-electron chi connectivity index (χ0n) is 13.1. The zero-order chi connectivity index (χ0) is 19.3. The van der Waals surface area contributed by atoms with Gasteiger partial charge in [-0.05, 0) is 31.2 Å². The first kappa shape index (κ1) is 18.9. The summed E-state index contributed by atoms with van der Waals surface area (Å²) in [6, 6.07) is 5.02. The predicted molar refractivity (Wildman–Crippen MR) is 92.8 cm³/mol. The largest absolute Gasteiger partial charge is 0.417 e. The van der Waals surface area contributed by atoms with Gasteiger partial charge in [0.2, 0.25) is 10.0 Å². The van der Waals surface area contributed by atoms with E-state index >= 15 is 0 Å². The molecule has 0 saturated carbocycles. The second kappa shape index (κ2) is 6.40. The van der Waals surface area contributed by atoms with E-state index in [-0.39, 0.29) is 38.3 Å². The lowest BCUT2D eigenvalue weighted by Crippen LogP contribution is -2.16. The molecule has 1 aromatic carbocycles. The molecule has 2 heterocycles. The van der Waals surface area contributed by atoms with Gasteiger partial charge in [-0.1, -0.05) is 23.2 Å². The van der Waals surface area contributed by atoms with Gasteiger partial charge >= 0.3 is 6.18 Å². The van der Waals surface area contributed by atoms with E-state index in [1.54, 1.807) is 0 Å². The minimum Gasteiger partial charge on any atom is -0.235 e. The van der Waals surface area contributed by atoms with Crippen molar-refractivity contribution in [3.8, 4) is 11.4 Å². The van der Waals surface area contributed by atoms with Crippen molar-refractivity contribution < 1.29 is 21.6 Å². The van der Waals surface area contributed by atoms with Crippen LogP contribution >= 0.6 is 23.2 Å². The maximum atomic E-state index is 12.9. The molecule has 0 bridgehead atoms. The van der Waals surface area contributed by atoms with Crippen LogP contribution in [0.1, 0.15) is 12.5 Å². The molecule has 0 aliphatic rings. The predicted octanol–water partition coefficient (Wildman–Crippen LogP) is 4.62. The molecule has 0 saturated heterocycles. The van der Waals surface area contributed by atoms with Gasteiger partial charge < -0.3 is 0 Å². The quantitative estimate of drug-likeness (QED) is 0.616. The summed E-state index contributed by atoms with van der Waals surface area (Å²) in [5, 5.41) is 0.452. The summed E-state index contributed by atoms with van der Waals surface area (Å²) < 4.78 is 64.6. The van der Waals surface area contributed by atoms with Gasteiger partial charge in [0.15, 0.2) is 11.5 Å². The number of alkyl halides is 3. The molecule has 5 nitrogen and oxygen atoms in total. The van der Waals surface area contributed by atoms with Crippen LogP contribution in [-0.4, -0.2) is 28.1 Å². The third kappa shape index (κ3) is 3.38. The fourth-order valence-corrected chi connectivity index (χ4v) is 3.95. The van der Waals surface area contributed by atoms with Gasteiger partial charge in [0.1, 0.15) is 5.52 Å². The van der Waals surface area contributed by atoms with E-state index in [0.717, 1.165) is 10.0 Å². The smallest absolute Gasteiger partial charge is 0.235 e. The van der Waals surface area contributed by atoms with Crippen molar-refractivity contribution in [2.75, 3.05) is 5.75 Å². The fraction of sp³-hybridized carbons (Fsp3) is 0.200. The van der Waals surface area contributed by atoms with Crippen molar-refractivity contribution in [1.29, 1.82) is 0 Å². The number of aromatic nitrogens is 3. The van der Waals surface area contributed by atoms with Gasteiger partial charge in [-0.25, -0.2) is 22.4 Å². The highest BCUT2D eigenvalue weighted by atomic mass is 35.5. The highest BCUT2D eigenvalue weighted by Crippen LogP contribution is 2.34. The number of fused-ring (bicyclic) bond motifs is 1. The van der Waals surface area contributed by atoms with Crippen LogP contribution < -0.4 is 0 Å². The van der Waals surface area contributed by atoms with Crippen LogP contribution in [0.15, 0.2) is 30.5 Å². The van der Waals surface area contributed by atoms with E-state index < -0.39 is 21.8 Å². The molecular weight excluding hydrogens is 414 g/mol. The Kier molecular flexibility index (Phi) is 4.66. The molecule has 3 aromatic rings. The van der Waals surface area contributed by atoms with E-state index in [2.05, 4.69) is 9.97 Å². The second-order valence-electron chi connectivity index (χ2n) is 5.32. The van der Waals surface area contributed by atoms with Crippen molar-refractivity contribution in [3.05, 3.63) is 46.1 Å². The summed E-state index contributed by atoms with van der Waals surface area (Å²) in [7, 11) is -3.91. The molecule has 3 rings (SSSR count). The molecule has 0 unspecified atom stereocenters.